The predicted octanol–water partition coefficient (Wildman–Crippen LogP) is 2.89. The van der Waals surface area contributed by atoms with Gasteiger partial charge in [0.1, 0.15) is 0 Å². The van der Waals surface area contributed by atoms with Crippen LogP contribution < -0.4 is 5.32 Å². The summed E-state index contributed by atoms with van der Waals surface area (Å²) in [6.45, 7) is 6.29. The lowest BCUT2D eigenvalue weighted by Crippen LogP contribution is -2.49. The van der Waals surface area contributed by atoms with Crippen LogP contribution in [0.2, 0.25) is 5.02 Å². The maximum Gasteiger partial charge on any atom is 0.225 e. The third-order valence-corrected chi connectivity index (χ3v) is 3.49. The van der Waals surface area contributed by atoms with Crippen LogP contribution in [0.25, 0.3) is 0 Å². The van der Waals surface area contributed by atoms with E-state index in [1.807, 2.05) is 43.0 Å². The van der Waals surface area contributed by atoms with Crippen molar-refractivity contribution in [3.8, 4) is 0 Å². The van der Waals surface area contributed by atoms with E-state index < -0.39 is 0 Å². The van der Waals surface area contributed by atoms with Gasteiger partial charge in [-0.1, -0.05) is 37.6 Å². The number of nitrogens with zero attached hydrogens (tertiary/aromatic N) is 1. The fourth-order valence-corrected chi connectivity index (χ4v) is 2.51. The van der Waals surface area contributed by atoms with Crippen LogP contribution in [0.5, 0.6) is 0 Å². The summed E-state index contributed by atoms with van der Waals surface area (Å²) in [5.41, 5.74) is 1.10. The Morgan fingerprint density at radius 2 is 2.21 bits per heavy atom. The molecule has 0 spiro atoms. The Labute approximate surface area is 125 Å². The van der Waals surface area contributed by atoms with Gasteiger partial charge < -0.3 is 10.2 Å². The van der Waals surface area contributed by atoms with Crippen molar-refractivity contribution in [3.05, 3.63) is 34.9 Å². The third kappa shape index (κ3) is 3.85. The average Bonchev–Trinajstić information content (AvgIpc) is 2.38. The zero-order valence-corrected chi connectivity index (χ0v) is 12.8. The first-order valence-electron chi connectivity index (χ1n) is 6.36. The normalized spacial score (nSPS) is 19.2. The molecule has 0 aromatic heterocycles. The van der Waals surface area contributed by atoms with Gasteiger partial charge in [-0.05, 0) is 17.7 Å². The third-order valence-electron chi connectivity index (χ3n) is 3.25. The van der Waals surface area contributed by atoms with Crippen molar-refractivity contribution in [3.63, 3.8) is 0 Å². The first kappa shape index (κ1) is 16.3. The van der Waals surface area contributed by atoms with Crippen LogP contribution in [0.3, 0.4) is 0 Å². The molecule has 0 bridgehead atoms. The van der Waals surface area contributed by atoms with Gasteiger partial charge >= 0.3 is 0 Å². The predicted molar refractivity (Wildman–Crippen MR) is 80.9 cm³/mol. The minimum absolute atomic E-state index is 0. The molecule has 1 saturated heterocycles. The van der Waals surface area contributed by atoms with E-state index in [4.69, 9.17) is 11.6 Å². The number of hydrogen-bond acceptors (Lipinski definition) is 2. The van der Waals surface area contributed by atoms with Crippen molar-refractivity contribution < 1.29 is 4.79 Å². The molecule has 1 aliphatic rings. The van der Waals surface area contributed by atoms with Crippen molar-refractivity contribution >= 4 is 29.9 Å². The molecule has 1 aromatic rings. The largest absolute Gasteiger partial charge is 0.333 e. The van der Waals surface area contributed by atoms with E-state index in [9.17, 15) is 4.79 Å². The fourth-order valence-electron chi connectivity index (χ4n) is 2.31. The number of piperazine rings is 1. The van der Waals surface area contributed by atoms with Gasteiger partial charge in [-0.15, -0.1) is 12.4 Å². The quantitative estimate of drug-likeness (QED) is 0.911. The summed E-state index contributed by atoms with van der Waals surface area (Å²) in [6, 6.07) is 7.86. The first-order chi connectivity index (χ1) is 8.59. The van der Waals surface area contributed by atoms with E-state index in [1.54, 1.807) is 0 Å². The second-order valence-electron chi connectivity index (χ2n) is 4.96. The number of amides is 1. The second-order valence-corrected chi connectivity index (χ2v) is 5.40. The smallest absolute Gasteiger partial charge is 0.225 e. The Morgan fingerprint density at radius 1 is 1.47 bits per heavy atom. The summed E-state index contributed by atoms with van der Waals surface area (Å²) >= 11 is 6.03. The number of rotatable bonds is 2. The molecule has 19 heavy (non-hydrogen) atoms. The first-order valence-corrected chi connectivity index (χ1v) is 6.74. The van der Waals surface area contributed by atoms with Gasteiger partial charge in [-0.3, -0.25) is 4.79 Å². The molecular formula is C14H20Cl2N2O. The molecule has 0 saturated carbocycles. The van der Waals surface area contributed by atoms with Crippen LogP contribution >= 0.6 is 24.0 Å². The molecule has 2 rings (SSSR count). The van der Waals surface area contributed by atoms with Gasteiger partial charge in [0, 0.05) is 30.6 Å². The highest BCUT2D eigenvalue weighted by molar-refractivity contribution is 6.30. The van der Waals surface area contributed by atoms with Gasteiger partial charge in [0.25, 0.3) is 0 Å². The number of benzene rings is 1. The van der Waals surface area contributed by atoms with E-state index in [2.05, 4.69) is 5.32 Å². The standard InChI is InChI=1S/C14H19ClN2O.ClH/c1-10(2)14(18)17-7-6-16-9-13(17)11-4-3-5-12(15)8-11;/h3-5,8,10,13,16H,6-7,9H2,1-2H3;1H. The molecular weight excluding hydrogens is 283 g/mol. The fraction of sp³-hybridized carbons (Fsp3) is 0.500. The lowest BCUT2D eigenvalue weighted by Gasteiger charge is -2.37. The minimum atomic E-state index is 0. The van der Waals surface area contributed by atoms with Crippen molar-refractivity contribution in [1.29, 1.82) is 0 Å². The van der Waals surface area contributed by atoms with Gasteiger partial charge in [0.2, 0.25) is 5.91 Å². The molecule has 3 nitrogen and oxygen atoms in total. The number of carbonyl (C=O) groups excluding carboxylic acids is 1. The molecule has 1 unspecified atom stereocenters. The highest BCUT2D eigenvalue weighted by atomic mass is 35.5. The summed E-state index contributed by atoms with van der Waals surface area (Å²) < 4.78 is 0. The topological polar surface area (TPSA) is 32.3 Å². The van der Waals surface area contributed by atoms with E-state index in [-0.39, 0.29) is 30.3 Å². The lowest BCUT2D eigenvalue weighted by atomic mass is 10.0. The van der Waals surface area contributed by atoms with E-state index >= 15 is 0 Å². The van der Waals surface area contributed by atoms with Crippen molar-refractivity contribution in [2.24, 2.45) is 5.92 Å². The van der Waals surface area contributed by atoms with Crippen LogP contribution in [0.15, 0.2) is 24.3 Å². The molecule has 0 aliphatic carbocycles. The SMILES string of the molecule is CC(C)C(=O)N1CCNCC1c1cccc(Cl)c1.Cl. The van der Waals surface area contributed by atoms with Crippen LogP contribution in [0, 0.1) is 5.92 Å². The molecule has 1 aliphatic heterocycles. The van der Waals surface area contributed by atoms with Gasteiger partial charge in [0.05, 0.1) is 6.04 Å². The van der Waals surface area contributed by atoms with Gasteiger partial charge in [0.15, 0.2) is 0 Å². The molecule has 106 valence electrons. The summed E-state index contributed by atoms with van der Waals surface area (Å²) in [7, 11) is 0. The zero-order chi connectivity index (χ0) is 13.1. The molecule has 0 radical (unpaired) electrons. The molecule has 1 heterocycles. The highest BCUT2D eigenvalue weighted by Gasteiger charge is 2.29. The Bertz CT molecular complexity index is 437. The molecule has 5 heteroatoms. The van der Waals surface area contributed by atoms with E-state index in [0.717, 1.165) is 30.2 Å². The second kappa shape index (κ2) is 7.13. The number of hydrogen-bond donors (Lipinski definition) is 1. The van der Waals surface area contributed by atoms with E-state index in [0.29, 0.717) is 0 Å². The molecule has 1 N–H and O–H groups in total. The van der Waals surface area contributed by atoms with Crippen LogP contribution in [0.1, 0.15) is 25.5 Å². The van der Waals surface area contributed by atoms with Crippen LogP contribution in [-0.4, -0.2) is 30.4 Å². The lowest BCUT2D eigenvalue weighted by molar-refractivity contribution is -0.137. The highest BCUT2D eigenvalue weighted by Crippen LogP contribution is 2.25. The molecule has 1 atom stereocenters. The maximum atomic E-state index is 12.2. The number of nitrogens with one attached hydrogen (secondary N) is 1. The van der Waals surface area contributed by atoms with Crippen molar-refractivity contribution in [1.82, 2.24) is 10.2 Å². The molecule has 1 aromatic carbocycles. The van der Waals surface area contributed by atoms with Crippen LogP contribution in [-0.2, 0) is 4.79 Å². The Balaban J connectivity index is 0.00000180. The van der Waals surface area contributed by atoms with E-state index in [1.165, 1.54) is 0 Å². The summed E-state index contributed by atoms with van der Waals surface area (Å²) in [6.07, 6.45) is 0. The van der Waals surface area contributed by atoms with Crippen molar-refractivity contribution in [2.45, 2.75) is 19.9 Å². The maximum absolute atomic E-state index is 12.2. The number of carbonyl (C=O) groups is 1. The van der Waals surface area contributed by atoms with Crippen molar-refractivity contribution in [2.75, 3.05) is 19.6 Å². The molecule has 1 amide bonds. The Morgan fingerprint density at radius 3 is 2.84 bits per heavy atom. The Hall–Kier alpha value is -0.770. The summed E-state index contributed by atoms with van der Waals surface area (Å²) in [5.74, 6) is 0.242. The summed E-state index contributed by atoms with van der Waals surface area (Å²) in [5, 5.41) is 4.06. The average molecular weight is 303 g/mol. The molecule has 1 fully saturated rings. The Kier molecular flexibility index (Phi) is 6.11. The summed E-state index contributed by atoms with van der Waals surface area (Å²) in [4.78, 5) is 14.2. The van der Waals surface area contributed by atoms with Crippen LogP contribution in [0.4, 0.5) is 0 Å². The van der Waals surface area contributed by atoms with Gasteiger partial charge in [-0.25, -0.2) is 0 Å². The minimum Gasteiger partial charge on any atom is -0.333 e. The monoisotopic (exact) mass is 302 g/mol. The van der Waals surface area contributed by atoms with Gasteiger partial charge in [-0.2, -0.15) is 0 Å². The number of halogens is 2. The zero-order valence-electron chi connectivity index (χ0n) is 11.2.